The Labute approximate surface area is 325 Å². The first-order chi connectivity index (χ1) is 36.8. The second-order valence-corrected chi connectivity index (χ2v) is 10.3. The summed E-state index contributed by atoms with van der Waals surface area (Å²) in [6, 6.07) is -29.8. The Balaban J connectivity index is 1.46. The molecule has 49 heavy (non-hydrogen) atoms. The quantitative estimate of drug-likeness (QED) is 0.184. The van der Waals surface area contributed by atoms with Gasteiger partial charge in [0.05, 0.1) is 52.2 Å². The van der Waals surface area contributed by atoms with Crippen LogP contribution in [0.15, 0.2) is 186 Å². The maximum Gasteiger partial charge on any atom is 0.143 e. The first-order valence-corrected chi connectivity index (χ1v) is 14.2. The van der Waals surface area contributed by atoms with Gasteiger partial charge in [-0.15, -0.1) is 0 Å². The maximum atomic E-state index is 10.1. The van der Waals surface area contributed by atoms with Crippen molar-refractivity contribution in [1.29, 1.82) is 0 Å². The Morgan fingerprint density at radius 3 is 1.88 bits per heavy atom. The third-order valence-corrected chi connectivity index (χ3v) is 7.56. The van der Waals surface area contributed by atoms with E-state index in [0.717, 1.165) is 0 Å². The number of para-hydroxylation sites is 3. The number of benzene rings is 8. The highest BCUT2D eigenvalue weighted by atomic mass is 16.3. The molecule has 10 aromatic rings. The number of hydrogen-bond acceptors (Lipinski definition) is 2. The molecular formula is C46H30N2O. The molecule has 3 nitrogen and oxygen atoms in total. The minimum absolute atomic E-state index is 0.380. The minimum Gasteiger partial charge on any atom is -0.455 e. The molecule has 8 aromatic carbocycles. The van der Waals surface area contributed by atoms with Crippen molar-refractivity contribution in [1.82, 2.24) is 4.57 Å². The van der Waals surface area contributed by atoms with Crippen LogP contribution in [0.1, 0.15) is 41.1 Å². The minimum atomic E-state index is -1.26. The molecule has 0 saturated carbocycles. The molecular weight excluding hydrogens is 597 g/mol. The van der Waals surface area contributed by atoms with Gasteiger partial charge in [0.1, 0.15) is 11.2 Å². The predicted molar refractivity (Wildman–Crippen MR) is 206 cm³/mol. The summed E-state index contributed by atoms with van der Waals surface area (Å²) in [4.78, 5) is 0.380. The summed E-state index contributed by atoms with van der Waals surface area (Å²) in [6.45, 7) is 0. The zero-order valence-corrected chi connectivity index (χ0v) is 24.3. The Morgan fingerprint density at radius 2 is 1.04 bits per heavy atom. The molecule has 10 rings (SSSR count). The predicted octanol–water partition coefficient (Wildman–Crippen LogP) is 13.0. The van der Waals surface area contributed by atoms with Crippen molar-refractivity contribution < 1.29 is 45.5 Å². The van der Waals surface area contributed by atoms with Crippen molar-refractivity contribution in [3.05, 3.63) is 181 Å². The lowest BCUT2D eigenvalue weighted by Gasteiger charge is -2.26. The maximum absolute atomic E-state index is 10.1. The third kappa shape index (κ3) is 4.44. The zero-order chi connectivity index (χ0) is 58.4. The van der Waals surface area contributed by atoms with E-state index in [1.165, 1.54) is 0 Å². The van der Waals surface area contributed by atoms with E-state index in [1.54, 1.807) is 0 Å². The zero-order valence-electron chi connectivity index (χ0n) is 54.3. The van der Waals surface area contributed by atoms with Gasteiger partial charge in [0, 0.05) is 49.7 Å². The largest absolute Gasteiger partial charge is 0.455 e. The van der Waals surface area contributed by atoms with E-state index in [2.05, 4.69) is 0 Å². The topological polar surface area (TPSA) is 21.3 Å². The van der Waals surface area contributed by atoms with Crippen LogP contribution >= 0.6 is 0 Å². The normalized spacial score (nSPS) is 20.2. The second kappa shape index (κ2) is 11.0. The Bertz CT molecular complexity index is 4480. The third-order valence-electron chi connectivity index (χ3n) is 7.56. The smallest absolute Gasteiger partial charge is 0.143 e. The van der Waals surface area contributed by atoms with E-state index < -0.39 is 270 Å². The molecule has 0 atom stereocenters. The van der Waals surface area contributed by atoms with Crippen LogP contribution in [0, 0.1) is 0 Å². The molecule has 0 saturated heterocycles. The Hall–Kier alpha value is -6.58. The van der Waals surface area contributed by atoms with Gasteiger partial charge < -0.3 is 13.9 Å². The van der Waals surface area contributed by atoms with Crippen molar-refractivity contribution in [2.75, 3.05) is 4.90 Å². The highest BCUT2D eigenvalue weighted by Gasteiger charge is 2.19. The van der Waals surface area contributed by atoms with Crippen LogP contribution in [0.4, 0.5) is 17.1 Å². The van der Waals surface area contributed by atoms with Crippen molar-refractivity contribution in [3.8, 4) is 16.8 Å². The molecule has 2 aromatic heterocycles. The lowest BCUT2D eigenvalue weighted by Crippen LogP contribution is -2.10. The summed E-state index contributed by atoms with van der Waals surface area (Å²) >= 11 is 0. The van der Waals surface area contributed by atoms with Crippen LogP contribution in [0.3, 0.4) is 0 Å². The van der Waals surface area contributed by atoms with Gasteiger partial charge in [0.2, 0.25) is 0 Å². The average Bonchev–Trinajstić information content (AvgIpc) is 4.20. The SMILES string of the molecule is [2H]c1c([2H])c([2H])c(-c2c([2H])c([2H])c(N(c3c([2H])c([2H])c4c(c3[2H])c([2H])c([2H])c3c4oc4c([2H])c([2H])c([2H])c([2H])c43)c3c([2H])c([2H])c4c(c3[2H])c3c([2H])c([2H])c([2H])c([2H])c3n4-c3c([2H])c([2H])c([2H])c([2H])c3[2H])c([2H])c2[2H])c([2H])c1[2H]. The molecule has 0 radical (unpaired) electrons. The van der Waals surface area contributed by atoms with Crippen LogP contribution in [0.2, 0.25) is 0 Å². The van der Waals surface area contributed by atoms with Crippen molar-refractivity contribution in [2.24, 2.45) is 0 Å². The van der Waals surface area contributed by atoms with E-state index in [9.17, 15) is 16.4 Å². The summed E-state index contributed by atoms with van der Waals surface area (Å²) in [5, 5.41) is -3.67. The van der Waals surface area contributed by atoms with Gasteiger partial charge in [-0.25, -0.2) is 0 Å². The molecule has 0 aliphatic rings. The molecule has 230 valence electrons. The summed E-state index contributed by atoms with van der Waals surface area (Å²) in [5.41, 5.74) is -8.48. The summed E-state index contributed by atoms with van der Waals surface area (Å²) in [7, 11) is 0. The fourth-order valence-corrected chi connectivity index (χ4v) is 5.46. The summed E-state index contributed by atoms with van der Waals surface area (Å²) < 4.78 is 276. The number of nitrogens with zero attached hydrogens (tertiary/aromatic N) is 2. The molecule has 0 amide bonds. The Morgan fingerprint density at radius 1 is 0.429 bits per heavy atom. The number of anilines is 3. The second-order valence-electron chi connectivity index (χ2n) is 10.3. The lowest BCUT2D eigenvalue weighted by molar-refractivity contribution is 0.672. The van der Waals surface area contributed by atoms with E-state index in [1.807, 2.05) is 0 Å². The van der Waals surface area contributed by atoms with Gasteiger partial charge in [-0.1, -0.05) is 103 Å². The molecule has 0 bridgehead atoms. The van der Waals surface area contributed by atoms with Crippen LogP contribution in [0.25, 0.3) is 71.3 Å². The first kappa shape index (κ1) is 11.0. The molecule has 0 unspecified atom stereocenters. The van der Waals surface area contributed by atoms with Crippen molar-refractivity contribution in [3.63, 3.8) is 0 Å². The van der Waals surface area contributed by atoms with Crippen LogP contribution < -0.4 is 4.90 Å². The van der Waals surface area contributed by atoms with E-state index >= 15 is 0 Å². The van der Waals surface area contributed by atoms with E-state index in [0.29, 0.717) is 9.47 Å². The monoisotopic (exact) mass is 656 g/mol. The van der Waals surface area contributed by atoms with E-state index in [4.69, 9.17) is 29.1 Å². The van der Waals surface area contributed by atoms with Gasteiger partial charge in [-0.3, -0.25) is 0 Å². The van der Waals surface area contributed by atoms with Crippen molar-refractivity contribution in [2.45, 2.75) is 0 Å². The first-order valence-electron chi connectivity index (χ1n) is 29.2. The van der Waals surface area contributed by atoms with Gasteiger partial charge in [0.15, 0.2) is 0 Å². The fraction of sp³-hybridized carbons (Fsp3) is 0. The summed E-state index contributed by atoms with van der Waals surface area (Å²) in [6.07, 6.45) is 0. The Kier molecular flexibility index (Phi) is 2.47. The van der Waals surface area contributed by atoms with Gasteiger partial charge in [-0.05, 0) is 95.1 Å². The average molecular weight is 657 g/mol. The van der Waals surface area contributed by atoms with Crippen molar-refractivity contribution >= 4 is 71.6 Å². The van der Waals surface area contributed by atoms with Crippen LogP contribution in [-0.2, 0) is 0 Å². The fourth-order valence-electron chi connectivity index (χ4n) is 5.46. The standard InChI is InChI=1S/C46H30N2O/c1-3-11-31(12-4-1)32-19-22-35(23-20-32)47(36-24-27-38-33(29-36)21-26-41-40-16-8-10-18-45(40)49-46(38)41)37-25-28-44-42(30-37)39-15-7-9-17-43(39)48(44)34-13-5-2-6-14-34/h1-30H/i1D,2D,3D,4D,5D,6D,7D,8D,9D,10D,11D,12D,13D,14D,15D,16D,17D,18D,19D,20D,21D,22D,23D,24D,25D,26D,27D,28D,29D,30D. The number of rotatable bonds is 5. The molecule has 3 heteroatoms. The molecule has 0 aliphatic heterocycles. The number of hydrogen-bond donors (Lipinski definition) is 0. The van der Waals surface area contributed by atoms with Crippen LogP contribution in [0.5, 0.6) is 0 Å². The van der Waals surface area contributed by atoms with Gasteiger partial charge in [-0.2, -0.15) is 0 Å². The number of fused-ring (bicyclic) bond motifs is 8. The molecule has 0 aliphatic carbocycles. The lowest BCUT2D eigenvalue weighted by atomic mass is 10.0. The molecule has 2 heterocycles. The highest BCUT2D eigenvalue weighted by molar-refractivity contribution is 6.15. The van der Waals surface area contributed by atoms with Gasteiger partial charge >= 0.3 is 0 Å². The van der Waals surface area contributed by atoms with E-state index in [-0.39, 0.29) is 0 Å². The number of aromatic nitrogens is 1. The highest BCUT2D eigenvalue weighted by Crippen LogP contribution is 2.42. The summed E-state index contributed by atoms with van der Waals surface area (Å²) in [5.74, 6) is 0. The van der Waals surface area contributed by atoms with Gasteiger partial charge in [0.25, 0.3) is 0 Å². The molecule has 0 spiro atoms. The molecule has 0 N–H and O–H groups in total. The van der Waals surface area contributed by atoms with Crippen LogP contribution in [-0.4, -0.2) is 4.57 Å². The molecule has 0 fully saturated rings. The number of furan rings is 1.